The van der Waals surface area contributed by atoms with E-state index in [0.717, 1.165) is 22.3 Å². The van der Waals surface area contributed by atoms with Crippen LogP contribution >= 0.6 is 0 Å². The van der Waals surface area contributed by atoms with Gasteiger partial charge in [0, 0.05) is 5.56 Å². The molecule has 22 heavy (non-hydrogen) atoms. The van der Waals surface area contributed by atoms with Crippen molar-refractivity contribution < 1.29 is 10.0 Å². The highest BCUT2D eigenvalue weighted by atomic mass is 16.5. The van der Waals surface area contributed by atoms with Crippen molar-refractivity contribution in [1.29, 1.82) is 0 Å². The molecule has 0 bridgehead atoms. The topological polar surface area (TPSA) is 49.3 Å². The van der Waals surface area contributed by atoms with E-state index in [2.05, 4.69) is 12.1 Å². The summed E-state index contributed by atoms with van der Waals surface area (Å²) in [7, 11) is 0. The fraction of sp³-hybridized carbons (Fsp3) is 0. The molecule has 3 nitrogen and oxygen atoms in total. The summed E-state index contributed by atoms with van der Waals surface area (Å²) in [6.45, 7) is 0. The molecule has 3 aromatic rings. The Balaban J connectivity index is 1.99. The molecule has 0 aliphatic rings. The zero-order valence-corrected chi connectivity index (χ0v) is 11.9. The quantitative estimate of drug-likeness (QED) is 0.562. The molecule has 0 saturated heterocycles. The average Bonchev–Trinajstić information content (AvgIpc) is 2.62. The molecule has 0 atom stereocenters. The first-order valence-electron chi connectivity index (χ1n) is 6.99. The van der Waals surface area contributed by atoms with E-state index in [-0.39, 0.29) is 0 Å². The number of amides is 1. The molecule has 0 radical (unpaired) electrons. The molecule has 0 aliphatic carbocycles. The Morgan fingerprint density at radius 1 is 0.682 bits per heavy atom. The van der Waals surface area contributed by atoms with E-state index in [0.29, 0.717) is 5.56 Å². The van der Waals surface area contributed by atoms with Gasteiger partial charge < -0.3 is 0 Å². The summed E-state index contributed by atoms with van der Waals surface area (Å²) < 4.78 is 0. The van der Waals surface area contributed by atoms with Crippen molar-refractivity contribution in [3.63, 3.8) is 0 Å². The van der Waals surface area contributed by atoms with E-state index in [1.807, 2.05) is 54.6 Å². The van der Waals surface area contributed by atoms with Gasteiger partial charge in [-0.05, 0) is 28.3 Å². The van der Waals surface area contributed by atoms with Crippen LogP contribution in [0.25, 0.3) is 22.3 Å². The lowest BCUT2D eigenvalue weighted by molar-refractivity contribution is 0.0707. The highest BCUT2D eigenvalue weighted by Gasteiger charge is 2.11. The first kappa shape index (κ1) is 14.0. The fourth-order valence-electron chi connectivity index (χ4n) is 2.47. The third-order valence-corrected chi connectivity index (χ3v) is 3.58. The summed E-state index contributed by atoms with van der Waals surface area (Å²) in [6.07, 6.45) is 0. The molecule has 0 unspecified atom stereocenters. The highest BCUT2D eigenvalue weighted by Crippen LogP contribution is 2.27. The molecule has 1 amide bonds. The van der Waals surface area contributed by atoms with Gasteiger partial charge in [-0.3, -0.25) is 10.0 Å². The summed E-state index contributed by atoms with van der Waals surface area (Å²) in [5.74, 6) is -0.511. The Bertz CT molecular complexity index is 780. The molecular weight excluding hydrogens is 274 g/mol. The van der Waals surface area contributed by atoms with Crippen LogP contribution < -0.4 is 5.48 Å². The number of benzene rings is 3. The second kappa shape index (κ2) is 6.24. The number of hydroxylamine groups is 1. The second-order valence-corrected chi connectivity index (χ2v) is 4.93. The smallest absolute Gasteiger partial charge is 0.275 e. The van der Waals surface area contributed by atoms with Gasteiger partial charge in [0.1, 0.15) is 0 Å². The molecule has 3 aromatic carbocycles. The number of hydrogen-bond donors (Lipinski definition) is 2. The third kappa shape index (κ3) is 2.75. The highest BCUT2D eigenvalue weighted by molar-refractivity contribution is 6.00. The van der Waals surface area contributed by atoms with Gasteiger partial charge in [0.15, 0.2) is 0 Å². The lowest BCUT2D eigenvalue weighted by atomic mass is 9.97. The van der Waals surface area contributed by atoms with Gasteiger partial charge in [-0.25, -0.2) is 5.48 Å². The van der Waals surface area contributed by atoms with Gasteiger partial charge in [0.05, 0.1) is 0 Å². The standard InChI is InChI=1S/C19H15NO2/c21-19(20-22)18-9-5-4-8-17(18)16-12-10-15(11-13-16)14-6-2-1-3-7-14/h1-13,22H,(H,20,21). The number of hydrogen-bond acceptors (Lipinski definition) is 2. The lowest BCUT2D eigenvalue weighted by Crippen LogP contribution is -2.19. The third-order valence-electron chi connectivity index (χ3n) is 3.58. The number of rotatable bonds is 3. The van der Waals surface area contributed by atoms with Gasteiger partial charge >= 0.3 is 0 Å². The monoisotopic (exact) mass is 289 g/mol. The molecule has 3 heteroatoms. The number of nitrogens with one attached hydrogen (secondary N) is 1. The fourth-order valence-corrected chi connectivity index (χ4v) is 2.47. The first-order valence-corrected chi connectivity index (χ1v) is 6.99. The molecular formula is C19H15NO2. The summed E-state index contributed by atoms with van der Waals surface area (Å²) in [6, 6.07) is 25.3. The van der Waals surface area contributed by atoms with Crippen molar-refractivity contribution in [3.05, 3.63) is 84.4 Å². The van der Waals surface area contributed by atoms with Crippen LogP contribution in [0.4, 0.5) is 0 Å². The zero-order valence-electron chi connectivity index (χ0n) is 11.9. The van der Waals surface area contributed by atoms with Crippen LogP contribution in [0.2, 0.25) is 0 Å². The predicted octanol–water partition coefficient (Wildman–Crippen LogP) is 4.14. The SMILES string of the molecule is O=C(NO)c1ccccc1-c1ccc(-c2ccccc2)cc1. The van der Waals surface area contributed by atoms with E-state index >= 15 is 0 Å². The molecule has 108 valence electrons. The summed E-state index contributed by atoms with van der Waals surface area (Å²) in [5, 5.41) is 8.85. The maximum Gasteiger partial charge on any atom is 0.275 e. The summed E-state index contributed by atoms with van der Waals surface area (Å²) in [5.41, 5.74) is 6.11. The first-order chi connectivity index (χ1) is 10.8. The van der Waals surface area contributed by atoms with Crippen LogP contribution in [-0.4, -0.2) is 11.1 Å². The van der Waals surface area contributed by atoms with Crippen LogP contribution in [-0.2, 0) is 0 Å². The summed E-state index contributed by atoms with van der Waals surface area (Å²) in [4.78, 5) is 11.7. The zero-order chi connectivity index (χ0) is 15.4. The van der Waals surface area contributed by atoms with Crippen LogP contribution in [0.15, 0.2) is 78.9 Å². The Hall–Kier alpha value is -2.91. The van der Waals surface area contributed by atoms with E-state index in [9.17, 15) is 4.79 Å². The van der Waals surface area contributed by atoms with Crippen molar-refractivity contribution in [2.24, 2.45) is 0 Å². The molecule has 0 fully saturated rings. The largest absolute Gasteiger partial charge is 0.288 e. The molecule has 0 spiro atoms. The predicted molar refractivity (Wildman–Crippen MR) is 86.6 cm³/mol. The van der Waals surface area contributed by atoms with Crippen molar-refractivity contribution >= 4 is 5.91 Å². The molecule has 3 rings (SSSR count). The minimum atomic E-state index is -0.511. The molecule has 0 saturated carbocycles. The van der Waals surface area contributed by atoms with Crippen LogP contribution in [0, 0.1) is 0 Å². The van der Waals surface area contributed by atoms with Crippen LogP contribution in [0.1, 0.15) is 10.4 Å². The van der Waals surface area contributed by atoms with Crippen molar-refractivity contribution in [2.75, 3.05) is 0 Å². The second-order valence-electron chi connectivity index (χ2n) is 4.93. The van der Waals surface area contributed by atoms with Gasteiger partial charge in [-0.2, -0.15) is 0 Å². The van der Waals surface area contributed by atoms with Gasteiger partial charge in [-0.15, -0.1) is 0 Å². The van der Waals surface area contributed by atoms with E-state index in [1.165, 1.54) is 0 Å². The van der Waals surface area contributed by atoms with E-state index < -0.39 is 5.91 Å². The summed E-state index contributed by atoms with van der Waals surface area (Å²) >= 11 is 0. The van der Waals surface area contributed by atoms with Gasteiger partial charge in [-0.1, -0.05) is 72.8 Å². The van der Waals surface area contributed by atoms with Crippen LogP contribution in [0.5, 0.6) is 0 Å². The molecule has 0 aliphatic heterocycles. The number of carbonyl (C=O) groups excluding carboxylic acids is 1. The Kier molecular flexibility index (Phi) is 3.99. The minimum Gasteiger partial charge on any atom is -0.288 e. The van der Waals surface area contributed by atoms with Crippen molar-refractivity contribution in [1.82, 2.24) is 5.48 Å². The van der Waals surface area contributed by atoms with Gasteiger partial charge in [0.2, 0.25) is 0 Å². The van der Waals surface area contributed by atoms with E-state index in [1.54, 1.807) is 17.6 Å². The normalized spacial score (nSPS) is 10.2. The Morgan fingerprint density at radius 2 is 1.23 bits per heavy atom. The van der Waals surface area contributed by atoms with E-state index in [4.69, 9.17) is 5.21 Å². The van der Waals surface area contributed by atoms with Gasteiger partial charge in [0.25, 0.3) is 5.91 Å². The minimum absolute atomic E-state index is 0.442. The molecule has 0 heterocycles. The maximum atomic E-state index is 11.7. The number of carbonyl (C=O) groups is 1. The Labute approximate surface area is 128 Å². The molecule has 2 N–H and O–H groups in total. The van der Waals surface area contributed by atoms with Crippen LogP contribution in [0.3, 0.4) is 0 Å². The Morgan fingerprint density at radius 3 is 1.91 bits per heavy atom. The maximum absolute atomic E-state index is 11.7. The average molecular weight is 289 g/mol. The molecule has 0 aromatic heterocycles. The van der Waals surface area contributed by atoms with Crippen molar-refractivity contribution in [3.8, 4) is 22.3 Å². The lowest BCUT2D eigenvalue weighted by Gasteiger charge is -2.09. The van der Waals surface area contributed by atoms with Crippen molar-refractivity contribution in [2.45, 2.75) is 0 Å².